The van der Waals surface area contributed by atoms with Crippen LogP contribution in [0.5, 0.6) is 0 Å². The summed E-state index contributed by atoms with van der Waals surface area (Å²) >= 11 is 0. The van der Waals surface area contributed by atoms with Crippen LogP contribution < -0.4 is 5.73 Å². The Morgan fingerprint density at radius 3 is 2.79 bits per heavy atom. The highest BCUT2D eigenvalue weighted by molar-refractivity contribution is 7.85. The molecule has 4 heteroatoms. The highest BCUT2D eigenvalue weighted by Crippen LogP contribution is 2.15. The Balaban J connectivity index is 2.25. The summed E-state index contributed by atoms with van der Waals surface area (Å²) in [6, 6.07) is 0.137. The van der Waals surface area contributed by atoms with Crippen molar-refractivity contribution in [1.29, 1.82) is 0 Å². The van der Waals surface area contributed by atoms with Crippen molar-refractivity contribution < 1.29 is 8.95 Å². The zero-order chi connectivity index (χ0) is 10.6. The van der Waals surface area contributed by atoms with Gasteiger partial charge < -0.3 is 10.5 Å². The fraction of sp³-hybridized carbons (Fsp3) is 1.00. The summed E-state index contributed by atoms with van der Waals surface area (Å²) < 4.78 is 17.3. The minimum atomic E-state index is -0.780. The van der Waals surface area contributed by atoms with E-state index in [1.165, 1.54) is 0 Å². The second-order valence-electron chi connectivity index (χ2n) is 4.21. The van der Waals surface area contributed by atoms with Crippen LogP contribution in [-0.4, -0.2) is 34.0 Å². The van der Waals surface area contributed by atoms with Crippen LogP contribution in [0, 0.1) is 0 Å². The van der Waals surface area contributed by atoms with E-state index in [-0.39, 0.29) is 17.4 Å². The molecule has 1 aliphatic heterocycles. The van der Waals surface area contributed by atoms with Crippen LogP contribution in [0.3, 0.4) is 0 Å². The summed E-state index contributed by atoms with van der Waals surface area (Å²) in [5.74, 6) is 0.688. The second kappa shape index (κ2) is 5.83. The predicted octanol–water partition coefficient (Wildman–Crippen LogP) is 1.04. The molecule has 4 unspecified atom stereocenters. The smallest absolute Gasteiger partial charge is 0.0691 e. The van der Waals surface area contributed by atoms with Crippen LogP contribution >= 0.6 is 0 Å². The van der Waals surface area contributed by atoms with E-state index in [1.807, 2.05) is 13.8 Å². The lowest BCUT2D eigenvalue weighted by Gasteiger charge is -2.16. The number of ether oxygens (including phenoxy) is 1. The van der Waals surface area contributed by atoms with E-state index in [0.29, 0.717) is 5.75 Å². The molecule has 1 fully saturated rings. The fourth-order valence-corrected chi connectivity index (χ4v) is 3.23. The topological polar surface area (TPSA) is 52.3 Å². The van der Waals surface area contributed by atoms with Gasteiger partial charge in [-0.05, 0) is 26.2 Å². The van der Waals surface area contributed by atoms with Crippen LogP contribution in [0.25, 0.3) is 0 Å². The lowest BCUT2D eigenvalue weighted by molar-refractivity contribution is 0.128. The molecule has 0 aromatic rings. The maximum Gasteiger partial charge on any atom is 0.0691 e. The monoisotopic (exact) mass is 219 g/mol. The van der Waals surface area contributed by atoms with Crippen molar-refractivity contribution in [3.63, 3.8) is 0 Å². The molecule has 14 heavy (non-hydrogen) atoms. The van der Waals surface area contributed by atoms with Gasteiger partial charge in [0.05, 0.1) is 11.9 Å². The molecule has 0 bridgehead atoms. The Kier molecular flexibility index (Phi) is 5.06. The summed E-state index contributed by atoms with van der Waals surface area (Å²) in [7, 11) is -0.780. The molecule has 2 N–H and O–H groups in total. The van der Waals surface area contributed by atoms with Gasteiger partial charge in [-0.3, -0.25) is 4.21 Å². The third-order valence-corrected chi connectivity index (χ3v) is 4.32. The predicted molar refractivity (Wildman–Crippen MR) is 59.7 cm³/mol. The minimum Gasteiger partial charge on any atom is -0.377 e. The summed E-state index contributed by atoms with van der Waals surface area (Å²) in [4.78, 5) is 0. The first-order valence-corrected chi connectivity index (χ1v) is 6.72. The second-order valence-corrected chi connectivity index (χ2v) is 6.11. The number of hydrogen-bond donors (Lipinski definition) is 1. The van der Waals surface area contributed by atoms with Gasteiger partial charge in [0.15, 0.2) is 0 Å². The first-order chi connectivity index (χ1) is 6.59. The van der Waals surface area contributed by atoms with Crippen molar-refractivity contribution in [3.8, 4) is 0 Å². The molecule has 84 valence electrons. The van der Waals surface area contributed by atoms with Gasteiger partial charge in [0.25, 0.3) is 0 Å². The quantitative estimate of drug-likeness (QED) is 0.751. The van der Waals surface area contributed by atoms with Crippen LogP contribution in [0.4, 0.5) is 0 Å². The molecular formula is C10H21NO2S. The summed E-state index contributed by atoms with van der Waals surface area (Å²) in [6.07, 6.45) is 3.24. The van der Waals surface area contributed by atoms with Gasteiger partial charge in [0.1, 0.15) is 0 Å². The van der Waals surface area contributed by atoms with E-state index in [4.69, 9.17) is 10.5 Å². The fourth-order valence-electron chi connectivity index (χ4n) is 1.75. The summed E-state index contributed by atoms with van der Waals surface area (Å²) in [5.41, 5.74) is 5.67. The summed E-state index contributed by atoms with van der Waals surface area (Å²) in [6.45, 7) is 4.80. The molecule has 3 nitrogen and oxygen atoms in total. The van der Waals surface area contributed by atoms with E-state index >= 15 is 0 Å². The zero-order valence-corrected chi connectivity index (χ0v) is 9.89. The molecule has 0 aliphatic carbocycles. The van der Waals surface area contributed by atoms with Crippen molar-refractivity contribution in [2.75, 3.05) is 12.4 Å². The van der Waals surface area contributed by atoms with Gasteiger partial charge in [0, 0.05) is 28.7 Å². The molecule has 0 aromatic heterocycles. The molecule has 1 aliphatic rings. The number of nitrogens with two attached hydrogens (primary N) is 1. The maximum atomic E-state index is 11.8. The molecule has 0 spiro atoms. The van der Waals surface area contributed by atoms with Gasteiger partial charge in [-0.25, -0.2) is 0 Å². The largest absolute Gasteiger partial charge is 0.377 e. The lowest BCUT2D eigenvalue weighted by Crippen LogP contribution is -2.28. The molecule has 1 heterocycles. The normalized spacial score (nSPS) is 28.6. The van der Waals surface area contributed by atoms with Crippen molar-refractivity contribution in [2.24, 2.45) is 5.73 Å². The van der Waals surface area contributed by atoms with Crippen molar-refractivity contribution in [3.05, 3.63) is 0 Å². The highest BCUT2D eigenvalue weighted by Gasteiger charge is 2.21. The SMILES string of the molecule is CC(N)CC(C)S(=O)CC1CCCO1. The molecule has 4 atom stereocenters. The maximum absolute atomic E-state index is 11.8. The molecule has 0 amide bonds. The van der Waals surface area contributed by atoms with Gasteiger partial charge >= 0.3 is 0 Å². The Hall–Kier alpha value is 0.0700. The Morgan fingerprint density at radius 1 is 1.57 bits per heavy atom. The van der Waals surface area contributed by atoms with Crippen LogP contribution in [0.2, 0.25) is 0 Å². The summed E-state index contributed by atoms with van der Waals surface area (Å²) in [5, 5.41) is 0.194. The highest BCUT2D eigenvalue weighted by atomic mass is 32.2. The molecule has 0 radical (unpaired) electrons. The van der Waals surface area contributed by atoms with Gasteiger partial charge in [-0.1, -0.05) is 6.92 Å². The lowest BCUT2D eigenvalue weighted by atomic mass is 10.2. The third kappa shape index (κ3) is 4.07. The molecule has 1 rings (SSSR count). The Morgan fingerprint density at radius 2 is 2.29 bits per heavy atom. The number of rotatable bonds is 5. The first kappa shape index (κ1) is 12.1. The third-order valence-electron chi connectivity index (χ3n) is 2.53. The molecule has 0 saturated carbocycles. The van der Waals surface area contributed by atoms with Crippen LogP contribution in [-0.2, 0) is 15.5 Å². The van der Waals surface area contributed by atoms with E-state index < -0.39 is 10.8 Å². The van der Waals surface area contributed by atoms with Gasteiger partial charge in [-0.15, -0.1) is 0 Å². The van der Waals surface area contributed by atoms with Crippen molar-refractivity contribution in [1.82, 2.24) is 0 Å². The average Bonchev–Trinajstić information content (AvgIpc) is 2.55. The Labute approximate surface area is 88.8 Å². The standard InChI is InChI=1S/C10H21NO2S/c1-8(11)6-9(2)14(12)7-10-4-3-5-13-10/h8-10H,3-7,11H2,1-2H3. The van der Waals surface area contributed by atoms with E-state index in [2.05, 4.69) is 0 Å². The number of hydrogen-bond acceptors (Lipinski definition) is 3. The zero-order valence-electron chi connectivity index (χ0n) is 9.07. The van der Waals surface area contributed by atoms with E-state index in [1.54, 1.807) is 0 Å². The average molecular weight is 219 g/mol. The molecular weight excluding hydrogens is 198 g/mol. The Bertz CT molecular complexity index is 191. The van der Waals surface area contributed by atoms with Crippen molar-refractivity contribution in [2.45, 2.75) is 50.5 Å². The minimum absolute atomic E-state index is 0.137. The van der Waals surface area contributed by atoms with Crippen LogP contribution in [0.1, 0.15) is 33.1 Å². The molecule has 0 aromatic carbocycles. The van der Waals surface area contributed by atoms with E-state index in [0.717, 1.165) is 25.9 Å². The van der Waals surface area contributed by atoms with Gasteiger partial charge in [-0.2, -0.15) is 0 Å². The first-order valence-electron chi connectivity index (χ1n) is 5.34. The van der Waals surface area contributed by atoms with Crippen molar-refractivity contribution >= 4 is 10.8 Å². The van der Waals surface area contributed by atoms with Crippen LogP contribution in [0.15, 0.2) is 0 Å². The van der Waals surface area contributed by atoms with Gasteiger partial charge in [0.2, 0.25) is 0 Å². The van der Waals surface area contributed by atoms with E-state index in [9.17, 15) is 4.21 Å². The molecule has 1 saturated heterocycles.